The van der Waals surface area contributed by atoms with Gasteiger partial charge in [-0.1, -0.05) is 38.1 Å². The number of hydrogen-bond acceptors (Lipinski definition) is 2. The molecule has 0 saturated carbocycles. The molecule has 0 unspecified atom stereocenters. The summed E-state index contributed by atoms with van der Waals surface area (Å²) < 4.78 is 5.61. The molecule has 0 spiro atoms. The first-order valence-electron chi connectivity index (χ1n) is 8.09. The summed E-state index contributed by atoms with van der Waals surface area (Å²) in [7, 11) is 0. The zero-order valence-electron chi connectivity index (χ0n) is 14.3. The van der Waals surface area contributed by atoms with E-state index in [-0.39, 0.29) is 12.0 Å². The predicted octanol–water partition coefficient (Wildman–Crippen LogP) is 4.53. The Balaban J connectivity index is 1.91. The molecule has 122 valence electrons. The summed E-state index contributed by atoms with van der Waals surface area (Å²) in [5.41, 5.74) is 2.98. The van der Waals surface area contributed by atoms with E-state index < -0.39 is 0 Å². The first-order chi connectivity index (χ1) is 11.0. The van der Waals surface area contributed by atoms with Gasteiger partial charge in [0.15, 0.2) is 0 Å². The molecule has 0 fully saturated rings. The van der Waals surface area contributed by atoms with Gasteiger partial charge in [-0.05, 0) is 55.2 Å². The summed E-state index contributed by atoms with van der Waals surface area (Å²) in [6, 6.07) is 15.6. The van der Waals surface area contributed by atoms with Crippen LogP contribution in [-0.2, 0) is 6.54 Å². The number of ether oxygens (including phenoxy) is 1. The molecule has 1 amide bonds. The molecule has 23 heavy (non-hydrogen) atoms. The highest BCUT2D eigenvalue weighted by molar-refractivity contribution is 5.94. The summed E-state index contributed by atoms with van der Waals surface area (Å²) in [4.78, 5) is 12.2. The van der Waals surface area contributed by atoms with Gasteiger partial charge < -0.3 is 10.1 Å². The van der Waals surface area contributed by atoms with Crippen LogP contribution >= 0.6 is 0 Å². The van der Waals surface area contributed by atoms with Gasteiger partial charge in [-0.2, -0.15) is 0 Å². The van der Waals surface area contributed by atoms with E-state index >= 15 is 0 Å². The van der Waals surface area contributed by atoms with Crippen molar-refractivity contribution in [3.63, 3.8) is 0 Å². The zero-order chi connectivity index (χ0) is 16.8. The second-order valence-corrected chi connectivity index (χ2v) is 6.27. The fourth-order valence-electron chi connectivity index (χ4n) is 2.26. The molecule has 2 rings (SSSR count). The van der Waals surface area contributed by atoms with Gasteiger partial charge in [-0.25, -0.2) is 0 Å². The van der Waals surface area contributed by atoms with Crippen molar-refractivity contribution in [2.45, 2.75) is 46.3 Å². The van der Waals surface area contributed by atoms with Crippen LogP contribution in [0, 0.1) is 0 Å². The molecule has 2 aromatic carbocycles. The van der Waals surface area contributed by atoms with Crippen LogP contribution in [0.25, 0.3) is 0 Å². The van der Waals surface area contributed by atoms with Gasteiger partial charge in [0.05, 0.1) is 6.10 Å². The van der Waals surface area contributed by atoms with Crippen LogP contribution in [0.3, 0.4) is 0 Å². The second-order valence-electron chi connectivity index (χ2n) is 6.27. The topological polar surface area (TPSA) is 38.3 Å². The summed E-state index contributed by atoms with van der Waals surface area (Å²) in [5.74, 6) is 1.26. The molecule has 0 heterocycles. The van der Waals surface area contributed by atoms with Crippen LogP contribution in [0.5, 0.6) is 5.75 Å². The van der Waals surface area contributed by atoms with Gasteiger partial charge in [0, 0.05) is 12.1 Å². The average molecular weight is 311 g/mol. The largest absolute Gasteiger partial charge is 0.491 e. The summed E-state index contributed by atoms with van der Waals surface area (Å²) in [6.07, 6.45) is 0.161. The zero-order valence-corrected chi connectivity index (χ0v) is 14.3. The Morgan fingerprint density at radius 1 is 0.957 bits per heavy atom. The molecule has 0 radical (unpaired) electrons. The highest BCUT2D eigenvalue weighted by Crippen LogP contribution is 2.15. The summed E-state index contributed by atoms with van der Waals surface area (Å²) in [6.45, 7) is 8.79. The lowest BCUT2D eigenvalue weighted by Gasteiger charge is -2.11. The van der Waals surface area contributed by atoms with Crippen molar-refractivity contribution in [2.24, 2.45) is 0 Å². The molecule has 1 N–H and O–H groups in total. The molecular formula is C20H25NO2. The number of amides is 1. The molecule has 0 bridgehead atoms. The van der Waals surface area contributed by atoms with Gasteiger partial charge in [0.2, 0.25) is 0 Å². The van der Waals surface area contributed by atoms with Crippen molar-refractivity contribution >= 4 is 5.91 Å². The van der Waals surface area contributed by atoms with E-state index in [2.05, 4.69) is 19.2 Å². The van der Waals surface area contributed by atoms with Crippen molar-refractivity contribution in [1.82, 2.24) is 5.32 Å². The van der Waals surface area contributed by atoms with E-state index in [0.717, 1.165) is 11.3 Å². The Bertz CT molecular complexity index is 628. The Hall–Kier alpha value is -2.29. The maximum absolute atomic E-state index is 12.2. The van der Waals surface area contributed by atoms with E-state index in [1.165, 1.54) is 5.56 Å². The molecule has 0 aromatic heterocycles. The fourth-order valence-corrected chi connectivity index (χ4v) is 2.26. The number of benzene rings is 2. The number of rotatable bonds is 6. The van der Waals surface area contributed by atoms with E-state index in [1.807, 2.05) is 62.4 Å². The SMILES string of the molecule is CC(C)Oc1ccc(CNC(=O)c2ccc(C(C)C)cc2)cc1. The normalized spacial score (nSPS) is 10.9. The van der Waals surface area contributed by atoms with E-state index in [9.17, 15) is 4.79 Å². The Kier molecular flexibility index (Phi) is 5.80. The van der Waals surface area contributed by atoms with Gasteiger partial charge in [-0.15, -0.1) is 0 Å². The van der Waals surface area contributed by atoms with Crippen LogP contribution < -0.4 is 10.1 Å². The molecular weight excluding hydrogens is 286 g/mol. The van der Waals surface area contributed by atoms with Crippen molar-refractivity contribution in [3.8, 4) is 5.75 Å². The first-order valence-corrected chi connectivity index (χ1v) is 8.09. The molecule has 0 aliphatic heterocycles. The standard InChI is InChI=1S/C20H25NO2/c1-14(2)17-7-9-18(10-8-17)20(22)21-13-16-5-11-19(12-6-16)23-15(3)4/h5-12,14-15H,13H2,1-4H3,(H,21,22). The lowest BCUT2D eigenvalue weighted by atomic mass is 10.0. The van der Waals surface area contributed by atoms with Crippen LogP contribution in [0.15, 0.2) is 48.5 Å². The lowest BCUT2D eigenvalue weighted by molar-refractivity contribution is 0.0951. The minimum atomic E-state index is -0.0530. The first kappa shape index (κ1) is 17.1. The third kappa shape index (κ3) is 5.13. The third-order valence-corrected chi connectivity index (χ3v) is 3.59. The molecule has 0 saturated heterocycles. The van der Waals surface area contributed by atoms with Crippen molar-refractivity contribution in [3.05, 3.63) is 65.2 Å². The summed E-state index contributed by atoms with van der Waals surface area (Å²) in [5, 5.41) is 2.94. The van der Waals surface area contributed by atoms with Crippen LogP contribution in [0.1, 0.15) is 55.1 Å². The molecule has 0 aliphatic rings. The number of carbonyl (C=O) groups excluding carboxylic acids is 1. The minimum Gasteiger partial charge on any atom is -0.491 e. The van der Waals surface area contributed by atoms with Gasteiger partial charge >= 0.3 is 0 Å². The maximum atomic E-state index is 12.2. The van der Waals surface area contributed by atoms with E-state index in [1.54, 1.807) is 0 Å². The third-order valence-electron chi connectivity index (χ3n) is 3.59. The fraction of sp³-hybridized carbons (Fsp3) is 0.350. The second kappa shape index (κ2) is 7.82. The van der Waals surface area contributed by atoms with Gasteiger partial charge in [-0.3, -0.25) is 4.79 Å². The van der Waals surface area contributed by atoms with E-state index in [4.69, 9.17) is 4.74 Å². The van der Waals surface area contributed by atoms with Crippen molar-refractivity contribution in [1.29, 1.82) is 0 Å². The minimum absolute atomic E-state index is 0.0530. The smallest absolute Gasteiger partial charge is 0.251 e. The summed E-state index contributed by atoms with van der Waals surface area (Å²) >= 11 is 0. The van der Waals surface area contributed by atoms with Crippen molar-refractivity contribution < 1.29 is 9.53 Å². The molecule has 3 heteroatoms. The molecule has 0 aliphatic carbocycles. The number of carbonyl (C=O) groups is 1. The molecule has 3 nitrogen and oxygen atoms in total. The van der Waals surface area contributed by atoms with Crippen LogP contribution in [0.4, 0.5) is 0 Å². The molecule has 0 atom stereocenters. The quantitative estimate of drug-likeness (QED) is 0.851. The van der Waals surface area contributed by atoms with Crippen LogP contribution in [0.2, 0.25) is 0 Å². The van der Waals surface area contributed by atoms with Gasteiger partial charge in [0.1, 0.15) is 5.75 Å². The molecule has 2 aromatic rings. The highest BCUT2D eigenvalue weighted by Gasteiger charge is 2.06. The monoisotopic (exact) mass is 311 g/mol. The lowest BCUT2D eigenvalue weighted by Crippen LogP contribution is -2.22. The Morgan fingerprint density at radius 2 is 1.57 bits per heavy atom. The highest BCUT2D eigenvalue weighted by atomic mass is 16.5. The van der Waals surface area contributed by atoms with Gasteiger partial charge in [0.25, 0.3) is 5.91 Å². The number of nitrogens with one attached hydrogen (secondary N) is 1. The Morgan fingerprint density at radius 3 is 2.09 bits per heavy atom. The Labute approximate surface area is 138 Å². The van der Waals surface area contributed by atoms with Crippen LogP contribution in [-0.4, -0.2) is 12.0 Å². The average Bonchev–Trinajstić information content (AvgIpc) is 2.53. The maximum Gasteiger partial charge on any atom is 0.251 e. The van der Waals surface area contributed by atoms with E-state index in [0.29, 0.717) is 18.0 Å². The number of hydrogen-bond donors (Lipinski definition) is 1. The van der Waals surface area contributed by atoms with Crippen molar-refractivity contribution in [2.75, 3.05) is 0 Å². The predicted molar refractivity (Wildman–Crippen MR) is 93.9 cm³/mol.